The summed E-state index contributed by atoms with van der Waals surface area (Å²) in [6.45, 7) is 1.83. The summed E-state index contributed by atoms with van der Waals surface area (Å²) >= 11 is 0. The van der Waals surface area contributed by atoms with Crippen LogP contribution < -0.4 is 5.32 Å². The number of anilines is 2. The fourth-order valence-electron chi connectivity index (χ4n) is 2.50. The SMILES string of the molecule is Cc1cc(F)cc(Nc2ccccc2C(=O)c2ccccc2)c1. The molecule has 0 saturated carbocycles. The first-order chi connectivity index (χ1) is 11.1. The number of hydrogen-bond acceptors (Lipinski definition) is 2. The normalized spacial score (nSPS) is 10.3. The van der Waals surface area contributed by atoms with Gasteiger partial charge in [0.05, 0.1) is 0 Å². The largest absolute Gasteiger partial charge is 0.355 e. The number of halogens is 1. The van der Waals surface area contributed by atoms with Crippen molar-refractivity contribution in [1.29, 1.82) is 0 Å². The molecule has 3 heteroatoms. The zero-order chi connectivity index (χ0) is 16.2. The zero-order valence-electron chi connectivity index (χ0n) is 12.7. The number of ketones is 1. The van der Waals surface area contributed by atoms with Crippen LogP contribution in [0.2, 0.25) is 0 Å². The summed E-state index contributed by atoms with van der Waals surface area (Å²) in [6, 6.07) is 21.1. The molecular weight excluding hydrogens is 289 g/mol. The number of para-hydroxylation sites is 1. The van der Waals surface area contributed by atoms with E-state index in [1.807, 2.05) is 49.4 Å². The minimum Gasteiger partial charge on any atom is -0.355 e. The lowest BCUT2D eigenvalue weighted by Crippen LogP contribution is -2.05. The molecule has 0 amide bonds. The lowest BCUT2D eigenvalue weighted by molar-refractivity contribution is 0.103. The van der Waals surface area contributed by atoms with Crippen LogP contribution in [0.5, 0.6) is 0 Å². The van der Waals surface area contributed by atoms with Gasteiger partial charge in [-0.2, -0.15) is 0 Å². The van der Waals surface area contributed by atoms with Crippen molar-refractivity contribution in [3.05, 3.63) is 95.3 Å². The van der Waals surface area contributed by atoms with Crippen molar-refractivity contribution in [1.82, 2.24) is 0 Å². The van der Waals surface area contributed by atoms with Crippen LogP contribution in [0.4, 0.5) is 15.8 Å². The molecule has 1 N–H and O–H groups in total. The smallest absolute Gasteiger partial charge is 0.195 e. The molecule has 0 aliphatic rings. The van der Waals surface area contributed by atoms with Crippen molar-refractivity contribution in [3.63, 3.8) is 0 Å². The summed E-state index contributed by atoms with van der Waals surface area (Å²) in [5.41, 5.74) is 3.28. The summed E-state index contributed by atoms with van der Waals surface area (Å²) in [4.78, 5) is 12.7. The Kier molecular flexibility index (Phi) is 4.20. The van der Waals surface area contributed by atoms with Crippen molar-refractivity contribution in [2.24, 2.45) is 0 Å². The van der Waals surface area contributed by atoms with Crippen LogP contribution in [-0.2, 0) is 0 Å². The molecule has 0 atom stereocenters. The van der Waals surface area contributed by atoms with Crippen molar-refractivity contribution >= 4 is 17.2 Å². The second kappa shape index (κ2) is 6.44. The minimum absolute atomic E-state index is 0.0678. The number of benzene rings is 3. The molecule has 3 rings (SSSR count). The summed E-state index contributed by atoms with van der Waals surface area (Å²) < 4.78 is 13.5. The highest BCUT2D eigenvalue weighted by Crippen LogP contribution is 2.24. The van der Waals surface area contributed by atoms with E-state index < -0.39 is 0 Å². The molecule has 23 heavy (non-hydrogen) atoms. The molecule has 0 aliphatic heterocycles. The molecule has 2 nitrogen and oxygen atoms in total. The van der Waals surface area contributed by atoms with E-state index in [0.717, 1.165) is 5.56 Å². The van der Waals surface area contributed by atoms with Gasteiger partial charge in [0.1, 0.15) is 5.82 Å². The summed E-state index contributed by atoms with van der Waals surface area (Å²) in [5, 5.41) is 3.14. The van der Waals surface area contributed by atoms with Gasteiger partial charge < -0.3 is 5.32 Å². The Morgan fingerprint density at radius 2 is 1.61 bits per heavy atom. The first-order valence-electron chi connectivity index (χ1n) is 7.36. The molecule has 114 valence electrons. The van der Waals surface area contributed by atoms with Gasteiger partial charge in [0, 0.05) is 22.5 Å². The number of rotatable bonds is 4. The number of aryl methyl sites for hydroxylation is 1. The van der Waals surface area contributed by atoms with E-state index in [0.29, 0.717) is 22.5 Å². The van der Waals surface area contributed by atoms with Gasteiger partial charge in [0.25, 0.3) is 0 Å². The van der Waals surface area contributed by atoms with Gasteiger partial charge in [-0.25, -0.2) is 4.39 Å². The molecule has 3 aromatic carbocycles. The van der Waals surface area contributed by atoms with E-state index in [2.05, 4.69) is 5.32 Å². The lowest BCUT2D eigenvalue weighted by atomic mass is 10.0. The molecule has 0 unspecified atom stereocenters. The van der Waals surface area contributed by atoms with Gasteiger partial charge in [0.15, 0.2) is 5.78 Å². The fourth-order valence-corrected chi connectivity index (χ4v) is 2.50. The maximum absolute atomic E-state index is 13.5. The molecule has 0 fully saturated rings. The first kappa shape index (κ1) is 15.0. The van der Waals surface area contributed by atoms with Crippen LogP contribution in [0.15, 0.2) is 72.8 Å². The molecule has 0 spiro atoms. The van der Waals surface area contributed by atoms with E-state index in [9.17, 15) is 9.18 Å². The minimum atomic E-state index is -0.306. The maximum Gasteiger partial charge on any atom is 0.195 e. The van der Waals surface area contributed by atoms with Crippen molar-refractivity contribution < 1.29 is 9.18 Å². The fraction of sp³-hybridized carbons (Fsp3) is 0.0500. The van der Waals surface area contributed by atoms with Crippen LogP contribution in [0.3, 0.4) is 0 Å². The zero-order valence-corrected chi connectivity index (χ0v) is 12.7. The predicted molar refractivity (Wildman–Crippen MR) is 90.7 cm³/mol. The summed E-state index contributed by atoms with van der Waals surface area (Å²) in [5.74, 6) is -0.374. The van der Waals surface area contributed by atoms with Crippen LogP contribution >= 0.6 is 0 Å². The van der Waals surface area contributed by atoms with Gasteiger partial charge in [-0.3, -0.25) is 4.79 Å². The molecule has 3 aromatic rings. The third-order valence-electron chi connectivity index (χ3n) is 3.53. The molecule has 0 aromatic heterocycles. The quantitative estimate of drug-likeness (QED) is 0.679. The van der Waals surface area contributed by atoms with E-state index in [1.54, 1.807) is 18.2 Å². The average molecular weight is 305 g/mol. The Morgan fingerprint density at radius 3 is 2.35 bits per heavy atom. The maximum atomic E-state index is 13.5. The Morgan fingerprint density at radius 1 is 0.913 bits per heavy atom. The average Bonchev–Trinajstić information content (AvgIpc) is 2.54. The molecule has 0 saturated heterocycles. The predicted octanol–water partition coefficient (Wildman–Crippen LogP) is 5.11. The summed E-state index contributed by atoms with van der Waals surface area (Å²) in [7, 11) is 0. The van der Waals surface area contributed by atoms with E-state index in [4.69, 9.17) is 0 Å². The topological polar surface area (TPSA) is 29.1 Å². The van der Waals surface area contributed by atoms with Gasteiger partial charge in [-0.1, -0.05) is 42.5 Å². The third kappa shape index (κ3) is 3.46. The monoisotopic (exact) mass is 305 g/mol. The number of carbonyl (C=O) groups is 1. The first-order valence-corrected chi connectivity index (χ1v) is 7.36. The molecule has 0 heterocycles. The van der Waals surface area contributed by atoms with Crippen molar-refractivity contribution in [3.8, 4) is 0 Å². The Bertz CT molecular complexity index is 823. The highest BCUT2D eigenvalue weighted by Gasteiger charge is 2.13. The number of nitrogens with one attached hydrogen (secondary N) is 1. The van der Waals surface area contributed by atoms with E-state index >= 15 is 0 Å². The van der Waals surface area contributed by atoms with Gasteiger partial charge in [-0.05, 0) is 42.8 Å². The molecule has 0 radical (unpaired) electrons. The molecule has 0 bridgehead atoms. The highest BCUT2D eigenvalue weighted by atomic mass is 19.1. The van der Waals surface area contributed by atoms with Crippen LogP contribution in [0.25, 0.3) is 0 Å². The van der Waals surface area contributed by atoms with E-state index in [-0.39, 0.29) is 11.6 Å². The van der Waals surface area contributed by atoms with Crippen molar-refractivity contribution in [2.75, 3.05) is 5.32 Å². The second-order valence-electron chi connectivity index (χ2n) is 5.38. The molecular formula is C20H16FNO. The Balaban J connectivity index is 1.96. The van der Waals surface area contributed by atoms with Crippen LogP contribution in [0, 0.1) is 12.7 Å². The van der Waals surface area contributed by atoms with Crippen molar-refractivity contribution in [2.45, 2.75) is 6.92 Å². The highest BCUT2D eigenvalue weighted by molar-refractivity contribution is 6.12. The Hall–Kier alpha value is -2.94. The second-order valence-corrected chi connectivity index (χ2v) is 5.38. The standard InChI is InChI=1S/C20H16FNO/c1-14-11-16(21)13-17(12-14)22-19-10-6-5-9-18(19)20(23)15-7-3-2-4-8-15/h2-13,22H,1H3. The van der Waals surface area contributed by atoms with Crippen LogP contribution in [-0.4, -0.2) is 5.78 Å². The lowest BCUT2D eigenvalue weighted by Gasteiger charge is -2.12. The number of hydrogen-bond donors (Lipinski definition) is 1. The summed E-state index contributed by atoms with van der Waals surface area (Å²) in [6.07, 6.45) is 0. The third-order valence-corrected chi connectivity index (χ3v) is 3.53. The van der Waals surface area contributed by atoms with E-state index in [1.165, 1.54) is 12.1 Å². The van der Waals surface area contributed by atoms with Gasteiger partial charge in [-0.15, -0.1) is 0 Å². The number of carbonyl (C=O) groups excluding carboxylic acids is 1. The Labute approximate surface area is 134 Å². The van der Waals surface area contributed by atoms with Gasteiger partial charge >= 0.3 is 0 Å². The molecule has 0 aliphatic carbocycles. The van der Waals surface area contributed by atoms with Gasteiger partial charge in [0.2, 0.25) is 0 Å². The van der Waals surface area contributed by atoms with Crippen LogP contribution in [0.1, 0.15) is 21.5 Å².